The molecule has 1 heterocycles. The molecule has 9 nitrogen and oxygen atoms in total. The number of anilines is 1. The highest BCUT2D eigenvalue weighted by molar-refractivity contribution is 5.95. The quantitative estimate of drug-likeness (QED) is 0.462. The van der Waals surface area contributed by atoms with Crippen molar-refractivity contribution in [2.45, 2.75) is 6.42 Å². The van der Waals surface area contributed by atoms with Gasteiger partial charge in [-0.25, -0.2) is 4.98 Å². The third-order valence-electron chi connectivity index (χ3n) is 3.63. The van der Waals surface area contributed by atoms with Crippen LogP contribution >= 0.6 is 0 Å². The minimum atomic E-state index is -0.538. The fourth-order valence-corrected chi connectivity index (χ4v) is 2.33. The molecule has 3 rings (SSSR count). The lowest BCUT2D eigenvalue weighted by Crippen LogP contribution is -2.27. The van der Waals surface area contributed by atoms with Crippen molar-refractivity contribution < 1.29 is 14.5 Å². The van der Waals surface area contributed by atoms with Gasteiger partial charge in [0.15, 0.2) is 0 Å². The van der Waals surface area contributed by atoms with Gasteiger partial charge in [-0.1, -0.05) is 12.1 Å². The van der Waals surface area contributed by atoms with Gasteiger partial charge in [-0.3, -0.25) is 25.0 Å². The fraction of sp³-hybridized carbons (Fsp3) is 0.118. The SMILES string of the molecule is O=C(CCNC(=O)c1ccc([N+](=O)[O-])cc1)Nc1nc2ccccc2[nH]1. The summed E-state index contributed by atoms with van der Waals surface area (Å²) in [5, 5.41) is 15.8. The van der Waals surface area contributed by atoms with Crippen LogP contribution in [0.1, 0.15) is 16.8 Å². The highest BCUT2D eigenvalue weighted by atomic mass is 16.6. The Hall–Kier alpha value is -3.75. The third kappa shape index (κ3) is 4.01. The summed E-state index contributed by atoms with van der Waals surface area (Å²) >= 11 is 0. The van der Waals surface area contributed by atoms with Crippen LogP contribution in [0.4, 0.5) is 11.6 Å². The molecule has 0 bridgehead atoms. The van der Waals surface area contributed by atoms with E-state index in [1.165, 1.54) is 24.3 Å². The Morgan fingerprint density at radius 3 is 2.54 bits per heavy atom. The predicted molar refractivity (Wildman–Crippen MR) is 94.8 cm³/mol. The van der Waals surface area contributed by atoms with E-state index in [0.717, 1.165) is 11.0 Å². The van der Waals surface area contributed by atoms with E-state index < -0.39 is 10.8 Å². The number of nitro groups is 1. The lowest BCUT2D eigenvalue weighted by atomic mass is 10.2. The number of nitrogens with one attached hydrogen (secondary N) is 3. The number of hydrogen-bond donors (Lipinski definition) is 3. The summed E-state index contributed by atoms with van der Waals surface area (Å²) in [6, 6.07) is 12.6. The lowest BCUT2D eigenvalue weighted by Gasteiger charge is -2.05. The summed E-state index contributed by atoms with van der Waals surface area (Å²) in [6.07, 6.45) is 0.0652. The molecule has 0 aliphatic heterocycles. The summed E-state index contributed by atoms with van der Waals surface area (Å²) < 4.78 is 0. The van der Waals surface area contributed by atoms with E-state index in [2.05, 4.69) is 20.6 Å². The Morgan fingerprint density at radius 1 is 1.12 bits per heavy atom. The lowest BCUT2D eigenvalue weighted by molar-refractivity contribution is -0.384. The first-order valence-corrected chi connectivity index (χ1v) is 7.80. The van der Waals surface area contributed by atoms with Crippen LogP contribution < -0.4 is 10.6 Å². The number of fused-ring (bicyclic) bond motifs is 1. The van der Waals surface area contributed by atoms with E-state index in [0.29, 0.717) is 5.95 Å². The number of aromatic nitrogens is 2. The summed E-state index contributed by atoms with van der Waals surface area (Å²) in [6.45, 7) is 0.127. The van der Waals surface area contributed by atoms with Crippen molar-refractivity contribution in [3.05, 3.63) is 64.2 Å². The zero-order chi connectivity index (χ0) is 18.5. The number of carbonyl (C=O) groups excluding carboxylic acids is 2. The summed E-state index contributed by atoms with van der Waals surface area (Å²) in [5.41, 5.74) is 1.75. The third-order valence-corrected chi connectivity index (χ3v) is 3.63. The normalized spacial score (nSPS) is 10.5. The topological polar surface area (TPSA) is 130 Å². The number of amides is 2. The first kappa shape index (κ1) is 17.1. The molecule has 2 aromatic carbocycles. The number of nitro benzene ring substituents is 1. The molecule has 132 valence electrons. The number of hydrogen-bond acceptors (Lipinski definition) is 5. The number of imidazole rings is 1. The maximum Gasteiger partial charge on any atom is 0.269 e. The number of para-hydroxylation sites is 2. The minimum Gasteiger partial charge on any atom is -0.352 e. The van der Waals surface area contributed by atoms with Gasteiger partial charge < -0.3 is 10.3 Å². The van der Waals surface area contributed by atoms with E-state index >= 15 is 0 Å². The fourth-order valence-electron chi connectivity index (χ4n) is 2.33. The van der Waals surface area contributed by atoms with Crippen molar-refractivity contribution in [1.82, 2.24) is 15.3 Å². The van der Waals surface area contributed by atoms with Crippen LogP contribution in [0.2, 0.25) is 0 Å². The molecular weight excluding hydrogens is 338 g/mol. The zero-order valence-corrected chi connectivity index (χ0v) is 13.6. The molecule has 0 radical (unpaired) electrons. The minimum absolute atomic E-state index is 0.0652. The molecule has 0 fully saturated rings. The molecule has 3 N–H and O–H groups in total. The molecule has 0 atom stereocenters. The van der Waals surface area contributed by atoms with Crippen molar-refractivity contribution in [1.29, 1.82) is 0 Å². The Morgan fingerprint density at radius 2 is 1.85 bits per heavy atom. The van der Waals surface area contributed by atoms with Gasteiger partial charge in [-0.15, -0.1) is 0 Å². The van der Waals surface area contributed by atoms with Gasteiger partial charge in [-0.2, -0.15) is 0 Å². The van der Waals surface area contributed by atoms with E-state index in [9.17, 15) is 19.7 Å². The first-order valence-electron chi connectivity index (χ1n) is 7.80. The Labute approximate surface area is 147 Å². The van der Waals surface area contributed by atoms with Gasteiger partial charge in [0.2, 0.25) is 11.9 Å². The first-order chi connectivity index (χ1) is 12.5. The van der Waals surface area contributed by atoms with Gasteiger partial charge >= 0.3 is 0 Å². The highest BCUT2D eigenvalue weighted by Crippen LogP contribution is 2.13. The second kappa shape index (κ2) is 7.43. The number of carbonyl (C=O) groups is 2. The molecule has 3 aromatic rings. The molecule has 9 heteroatoms. The van der Waals surface area contributed by atoms with Crippen molar-refractivity contribution >= 4 is 34.5 Å². The van der Waals surface area contributed by atoms with Crippen LogP contribution in [0.15, 0.2) is 48.5 Å². The number of aromatic amines is 1. The molecule has 0 aliphatic carbocycles. The molecule has 0 unspecified atom stereocenters. The van der Waals surface area contributed by atoms with Crippen molar-refractivity contribution in [2.75, 3.05) is 11.9 Å². The molecule has 26 heavy (non-hydrogen) atoms. The smallest absolute Gasteiger partial charge is 0.269 e. The van der Waals surface area contributed by atoms with Crippen LogP contribution in [-0.2, 0) is 4.79 Å². The van der Waals surface area contributed by atoms with E-state index in [4.69, 9.17) is 0 Å². The van der Waals surface area contributed by atoms with Crippen molar-refractivity contribution in [3.8, 4) is 0 Å². The van der Waals surface area contributed by atoms with Crippen LogP contribution in [0.5, 0.6) is 0 Å². The monoisotopic (exact) mass is 353 g/mol. The molecule has 0 saturated heterocycles. The van der Waals surface area contributed by atoms with Gasteiger partial charge in [0.05, 0.1) is 16.0 Å². The van der Waals surface area contributed by atoms with Crippen molar-refractivity contribution in [2.24, 2.45) is 0 Å². The Balaban J connectivity index is 1.48. The maximum absolute atomic E-state index is 12.0. The summed E-state index contributed by atoms with van der Waals surface area (Å²) in [4.78, 5) is 41.1. The average molecular weight is 353 g/mol. The summed E-state index contributed by atoms with van der Waals surface area (Å²) in [7, 11) is 0. The number of rotatable bonds is 6. The molecule has 0 spiro atoms. The van der Waals surface area contributed by atoms with E-state index in [1.54, 1.807) is 0 Å². The largest absolute Gasteiger partial charge is 0.352 e. The van der Waals surface area contributed by atoms with Crippen LogP contribution in [-0.4, -0.2) is 33.3 Å². The zero-order valence-electron chi connectivity index (χ0n) is 13.6. The number of non-ortho nitro benzene ring substituents is 1. The standard InChI is InChI=1S/C17H15N5O4/c23-15(21-17-19-13-3-1-2-4-14(13)20-17)9-10-18-16(24)11-5-7-12(8-6-11)22(25)26/h1-8H,9-10H2,(H,18,24)(H2,19,20,21,23). The van der Waals surface area contributed by atoms with Gasteiger partial charge in [-0.05, 0) is 24.3 Å². The highest BCUT2D eigenvalue weighted by Gasteiger charge is 2.11. The van der Waals surface area contributed by atoms with Crippen LogP contribution in [0.3, 0.4) is 0 Å². The maximum atomic E-state index is 12.0. The molecule has 1 aromatic heterocycles. The van der Waals surface area contributed by atoms with Crippen LogP contribution in [0.25, 0.3) is 11.0 Å². The molecule has 2 amide bonds. The molecular formula is C17H15N5O4. The average Bonchev–Trinajstić information content (AvgIpc) is 3.03. The molecule has 0 aliphatic rings. The summed E-state index contributed by atoms with van der Waals surface area (Å²) in [5.74, 6) is -0.359. The van der Waals surface area contributed by atoms with Crippen LogP contribution in [0, 0.1) is 10.1 Å². The number of nitrogens with zero attached hydrogens (tertiary/aromatic N) is 2. The Bertz CT molecular complexity index is 932. The van der Waals surface area contributed by atoms with E-state index in [-0.39, 0.29) is 30.1 Å². The van der Waals surface area contributed by atoms with Gasteiger partial charge in [0.25, 0.3) is 11.6 Å². The number of benzene rings is 2. The Kier molecular flexibility index (Phi) is 4.88. The van der Waals surface area contributed by atoms with Crippen molar-refractivity contribution in [3.63, 3.8) is 0 Å². The van der Waals surface area contributed by atoms with Gasteiger partial charge in [0.1, 0.15) is 0 Å². The molecule has 0 saturated carbocycles. The second-order valence-electron chi connectivity index (χ2n) is 5.46. The van der Waals surface area contributed by atoms with Gasteiger partial charge in [0, 0.05) is 30.7 Å². The predicted octanol–water partition coefficient (Wildman–Crippen LogP) is 2.23. The van der Waals surface area contributed by atoms with E-state index in [1.807, 2.05) is 24.3 Å². The number of H-pyrrole nitrogens is 1. The second-order valence-corrected chi connectivity index (χ2v) is 5.46.